The first-order valence-corrected chi connectivity index (χ1v) is 10.9. The van der Waals surface area contributed by atoms with Gasteiger partial charge >= 0.3 is 0 Å². The van der Waals surface area contributed by atoms with Gasteiger partial charge in [0.2, 0.25) is 0 Å². The molecule has 2 N–H and O–H groups in total. The Morgan fingerprint density at radius 2 is 1.97 bits per heavy atom. The zero-order valence-corrected chi connectivity index (χ0v) is 21.5. The molecular weight excluding hydrogens is 503 g/mol. The molecule has 1 atom stereocenters. The van der Waals surface area contributed by atoms with Gasteiger partial charge in [-0.3, -0.25) is 9.89 Å². The van der Waals surface area contributed by atoms with Crippen LogP contribution in [-0.4, -0.2) is 78.7 Å². The molecule has 7 nitrogen and oxygen atoms in total. The van der Waals surface area contributed by atoms with Crippen molar-refractivity contribution in [2.24, 2.45) is 10.9 Å². The van der Waals surface area contributed by atoms with Gasteiger partial charge in [0.25, 0.3) is 0 Å². The summed E-state index contributed by atoms with van der Waals surface area (Å²) in [5.41, 5.74) is 2.18. The lowest BCUT2D eigenvalue weighted by molar-refractivity contribution is 0.0131. The van der Waals surface area contributed by atoms with Crippen LogP contribution in [0.4, 0.5) is 0 Å². The smallest absolute Gasteiger partial charge is 0.193 e. The quantitative estimate of drug-likeness (QED) is 0.305. The highest BCUT2D eigenvalue weighted by molar-refractivity contribution is 14.0. The number of nitrogens with zero attached hydrogens (tertiary/aromatic N) is 4. The van der Waals surface area contributed by atoms with Gasteiger partial charge < -0.3 is 19.9 Å². The van der Waals surface area contributed by atoms with Crippen molar-refractivity contribution >= 4 is 29.9 Å². The summed E-state index contributed by atoms with van der Waals surface area (Å²) >= 11 is 0. The lowest BCUT2D eigenvalue weighted by Crippen LogP contribution is -2.51. The molecule has 1 aromatic heterocycles. The van der Waals surface area contributed by atoms with Crippen molar-refractivity contribution in [2.45, 2.75) is 32.9 Å². The summed E-state index contributed by atoms with van der Waals surface area (Å²) in [5, 5.41) is 3.58. The summed E-state index contributed by atoms with van der Waals surface area (Å²) in [6.45, 7) is 9.77. The highest BCUT2D eigenvalue weighted by atomic mass is 127. The summed E-state index contributed by atoms with van der Waals surface area (Å²) in [5.74, 6) is 2.46. The van der Waals surface area contributed by atoms with Crippen molar-refractivity contribution in [3.05, 3.63) is 42.4 Å². The Bertz CT molecular complexity index is 788. The van der Waals surface area contributed by atoms with Crippen LogP contribution < -0.4 is 5.32 Å². The van der Waals surface area contributed by atoms with Crippen molar-refractivity contribution in [2.75, 3.05) is 46.9 Å². The fraction of sp³-hybridized carbons (Fsp3) is 0.565. The molecule has 1 fully saturated rings. The first-order valence-electron chi connectivity index (χ1n) is 10.9. The third-order valence-electron chi connectivity index (χ3n) is 5.47. The maximum Gasteiger partial charge on any atom is 0.193 e. The van der Waals surface area contributed by atoms with Crippen LogP contribution in [-0.2, 0) is 11.3 Å². The molecule has 0 saturated carbocycles. The molecule has 8 heteroatoms. The van der Waals surface area contributed by atoms with E-state index in [1.165, 1.54) is 0 Å². The van der Waals surface area contributed by atoms with Crippen LogP contribution in [0.2, 0.25) is 0 Å². The molecule has 0 radical (unpaired) electrons. The minimum atomic E-state index is 0. The number of ether oxygens (including phenoxy) is 1. The van der Waals surface area contributed by atoms with Gasteiger partial charge in [-0.15, -0.1) is 24.0 Å². The third-order valence-corrected chi connectivity index (χ3v) is 5.47. The van der Waals surface area contributed by atoms with Crippen LogP contribution in [0.5, 0.6) is 0 Å². The fourth-order valence-electron chi connectivity index (χ4n) is 3.95. The lowest BCUT2D eigenvalue weighted by atomic mass is 10.0. The molecule has 1 aliphatic heterocycles. The highest BCUT2D eigenvalue weighted by Crippen LogP contribution is 2.17. The number of halogens is 1. The molecule has 0 spiro atoms. The number of rotatable bonds is 8. The molecule has 0 aliphatic carbocycles. The average molecular weight is 540 g/mol. The molecular formula is C23H37IN6O. The molecule has 0 amide bonds. The zero-order valence-electron chi connectivity index (χ0n) is 19.2. The van der Waals surface area contributed by atoms with Crippen LogP contribution in [0.25, 0.3) is 11.3 Å². The number of H-pyrrole nitrogens is 1. The summed E-state index contributed by atoms with van der Waals surface area (Å²) in [7, 11) is 3.88. The number of nitrogens with one attached hydrogen (secondary N) is 2. The van der Waals surface area contributed by atoms with Crippen LogP contribution in [0, 0.1) is 5.92 Å². The third kappa shape index (κ3) is 7.76. The van der Waals surface area contributed by atoms with Crippen LogP contribution in [0.15, 0.2) is 41.5 Å². The second-order valence-electron chi connectivity index (χ2n) is 8.33. The van der Waals surface area contributed by atoms with Gasteiger partial charge in [-0.25, -0.2) is 4.98 Å². The molecule has 3 rings (SSSR count). The Hall–Kier alpha value is -1.65. The van der Waals surface area contributed by atoms with Crippen LogP contribution >= 0.6 is 24.0 Å². The van der Waals surface area contributed by atoms with E-state index in [-0.39, 0.29) is 24.0 Å². The number of benzene rings is 1. The van der Waals surface area contributed by atoms with E-state index in [0.717, 1.165) is 62.3 Å². The first kappa shape index (κ1) is 25.6. The van der Waals surface area contributed by atoms with Crippen LogP contribution in [0.3, 0.4) is 0 Å². The second-order valence-corrected chi connectivity index (χ2v) is 8.33. The number of hydrogen-bond donors (Lipinski definition) is 2. The number of morpholine rings is 1. The number of aliphatic imine (C=N–C) groups is 1. The van der Waals surface area contributed by atoms with Gasteiger partial charge in [-0.1, -0.05) is 44.2 Å². The lowest BCUT2D eigenvalue weighted by Gasteiger charge is -2.36. The van der Waals surface area contributed by atoms with Gasteiger partial charge in [-0.2, -0.15) is 0 Å². The van der Waals surface area contributed by atoms with Crippen molar-refractivity contribution in [1.82, 2.24) is 25.1 Å². The molecule has 172 valence electrons. The van der Waals surface area contributed by atoms with E-state index in [2.05, 4.69) is 56.1 Å². The van der Waals surface area contributed by atoms with E-state index in [4.69, 9.17) is 4.74 Å². The molecule has 1 aromatic carbocycles. The Labute approximate surface area is 203 Å². The monoisotopic (exact) mass is 540 g/mol. The fourth-order valence-corrected chi connectivity index (χ4v) is 3.95. The number of aromatic amines is 1. The summed E-state index contributed by atoms with van der Waals surface area (Å²) in [6, 6.07) is 10.7. The van der Waals surface area contributed by atoms with Crippen LogP contribution in [0.1, 0.15) is 26.1 Å². The Morgan fingerprint density at radius 1 is 1.26 bits per heavy atom. The molecule has 1 saturated heterocycles. The molecule has 1 unspecified atom stereocenters. The first-order chi connectivity index (χ1) is 14.6. The molecule has 1 aliphatic rings. The number of guanidine groups is 1. The van der Waals surface area contributed by atoms with E-state index >= 15 is 0 Å². The number of imidazole rings is 1. The van der Waals surface area contributed by atoms with Crippen molar-refractivity contribution in [3.63, 3.8) is 0 Å². The van der Waals surface area contributed by atoms with Gasteiger partial charge in [0.15, 0.2) is 5.96 Å². The topological polar surface area (TPSA) is 68.8 Å². The summed E-state index contributed by atoms with van der Waals surface area (Å²) in [4.78, 5) is 17.1. The largest absolute Gasteiger partial charge is 0.379 e. The normalized spacial score (nSPS) is 16.1. The predicted octanol–water partition coefficient (Wildman–Crippen LogP) is 3.45. The Morgan fingerprint density at radius 3 is 2.61 bits per heavy atom. The molecule has 0 bridgehead atoms. The van der Waals surface area contributed by atoms with E-state index < -0.39 is 0 Å². The number of hydrogen-bond acceptors (Lipinski definition) is 4. The van der Waals surface area contributed by atoms with E-state index in [0.29, 0.717) is 18.5 Å². The van der Waals surface area contributed by atoms with E-state index in [1.807, 2.05) is 38.5 Å². The molecule has 31 heavy (non-hydrogen) atoms. The average Bonchev–Trinajstić information content (AvgIpc) is 3.23. The zero-order chi connectivity index (χ0) is 21.3. The summed E-state index contributed by atoms with van der Waals surface area (Å²) < 4.78 is 5.54. The maximum atomic E-state index is 5.54. The minimum Gasteiger partial charge on any atom is -0.379 e. The van der Waals surface area contributed by atoms with Crippen molar-refractivity contribution < 1.29 is 4.74 Å². The predicted molar refractivity (Wildman–Crippen MR) is 138 cm³/mol. The highest BCUT2D eigenvalue weighted by Gasteiger charge is 2.22. The van der Waals surface area contributed by atoms with Gasteiger partial charge in [0.05, 0.1) is 31.6 Å². The Kier molecular flexibility index (Phi) is 10.8. The van der Waals surface area contributed by atoms with Gasteiger partial charge in [0, 0.05) is 39.8 Å². The maximum absolute atomic E-state index is 5.54. The Balaban J connectivity index is 0.00000341. The van der Waals surface area contributed by atoms with Gasteiger partial charge in [-0.05, 0) is 17.9 Å². The molecule has 2 heterocycles. The molecule has 2 aromatic rings. The van der Waals surface area contributed by atoms with E-state index in [1.54, 1.807) is 0 Å². The van der Waals surface area contributed by atoms with E-state index in [9.17, 15) is 0 Å². The standard InChI is InChI=1S/C23H36N6O.HI/c1-18(2)14-20(29-10-12-30-13-11-29)15-26-23(24-3)28(4)17-22-25-16-21(27-22)19-8-6-5-7-9-19;/h5-9,16,18,20H,10-15,17H2,1-4H3,(H,24,26)(H,25,27);1H. The van der Waals surface area contributed by atoms with Crippen molar-refractivity contribution in [3.8, 4) is 11.3 Å². The number of aromatic nitrogens is 2. The SMILES string of the molecule is CN=C(NCC(CC(C)C)N1CCOCC1)N(C)Cc1ncc(-c2ccccc2)[nH]1.I. The minimum absolute atomic E-state index is 0. The van der Waals surface area contributed by atoms with Gasteiger partial charge in [0.1, 0.15) is 5.82 Å². The van der Waals surface area contributed by atoms with Crippen molar-refractivity contribution in [1.29, 1.82) is 0 Å². The second kappa shape index (κ2) is 13.0. The summed E-state index contributed by atoms with van der Waals surface area (Å²) in [6.07, 6.45) is 3.05.